The average Bonchev–Trinajstić information content (AvgIpc) is 2.78. The number of imide groups is 1. The molecule has 1 aliphatic carbocycles. The molecule has 21 heavy (non-hydrogen) atoms. The number of nitrogens with zero attached hydrogens (tertiary/aromatic N) is 2. The molecule has 5 nitrogen and oxygen atoms in total. The monoisotopic (exact) mass is 296 g/mol. The average molecular weight is 296 g/mol. The standard InChI is InChI=1S/C14H22N2O3.C2H6/c1-9(2)12-7-13(17)16(14(12)18)8-10-3-5-11(15-19)6-4-10;1-2/h9-12H,3-8H2,1-2H3;1-2H3. The summed E-state index contributed by atoms with van der Waals surface area (Å²) in [7, 11) is 0. The highest BCUT2D eigenvalue weighted by atomic mass is 16.3. The first-order valence-corrected chi connectivity index (χ1v) is 8.19. The minimum Gasteiger partial charge on any atom is -0.282 e. The Morgan fingerprint density at radius 3 is 2.14 bits per heavy atom. The third kappa shape index (κ3) is 4.35. The first-order valence-electron chi connectivity index (χ1n) is 8.19. The Bertz CT molecular complexity index is 374. The van der Waals surface area contributed by atoms with Crippen molar-refractivity contribution in [2.45, 2.75) is 65.8 Å². The van der Waals surface area contributed by atoms with E-state index in [0.29, 0.717) is 18.9 Å². The molecule has 2 rings (SSSR count). The van der Waals surface area contributed by atoms with E-state index in [1.54, 1.807) is 0 Å². The molecule has 0 aromatic carbocycles. The highest BCUT2D eigenvalue weighted by Crippen LogP contribution is 2.31. The second-order valence-electron chi connectivity index (χ2n) is 6.18. The van der Waals surface area contributed by atoms with Crippen molar-refractivity contribution in [3.05, 3.63) is 4.91 Å². The van der Waals surface area contributed by atoms with Crippen molar-refractivity contribution >= 4 is 11.8 Å². The fourth-order valence-corrected chi connectivity index (χ4v) is 3.11. The maximum Gasteiger partial charge on any atom is 0.233 e. The highest BCUT2D eigenvalue weighted by Gasteiger charge is 2.41. The van der Waals surface area contributed by atoms with Gasteiger partial charge in [0.2, 0.25) is 11.8 Å². The van der Waals surface area contributed by atoms with Gasteiger partial charge in [-0.05, 0) is 37.5 Å². The zero-order valence-electron chi connectivity index (χ0n) is 13.7. The van der Waals surface area contributed by atoms with Crippen molar-refractivity contribution in [3.8, 4) is 0 Å². The molecule has 2 amide bonds. The molecular weight excluding hydrogens is 268 g/mol. The zero-order valence-corrected chi connectivity index (χ0v) is 13.7. The van der Waals surface area contributed by atoms with Crippen LogP contribution in [-0.4, -0.2) is 29.3 Å². The third-order valence-electron chi connectivity index (χ3n) is 4.49. The summed E-state index contributed by atoms with van der Waals surface area (Å²) in [6.07, 6.45) is 3.72. The van der Waals surface area contributed by atoms with Gasteiger partial charge in [0.05, 0.1) is 6.04 Å². The number of rotatable bonds is 4. The molecule has 0 N–H and O–H groups in total. The molecule has 1 saturated heterocycles. The Labute approximate surface area is 127 Å². The Kier molecular flexibility index (Phi) is 6.99. The van der Waals surface area contributed by atoms with E-state index in [9.17, 15) is 14.5 Å². The molecule has 0 radical (unpaired) electrons. The van der Waals surface area contributed by atoms with E-state index in [0.717, 1.165) is 25.7 Å². The van der Waals surface area contributed by atoms with Crippen LogP contribution in [0, 0.1) is 22.7 Å². The number of likely N-dealkylation sites (tertiary alicyclic amines) is 1. The molecule has 1 unspecified atom stereocenters. The van der Waals surface area contributed by atoms with Gasteiger partial charge in [0.25, 0.3) is 0 Å². The number of nitroso groups, excluding NO2 is 1. The number of hydrogen-bond donors (Lipinski definition) is 0. The zero-order chi connectivity index (χ0) is 16.0. The Morgan fingerprint density at radius 2 is 1.71 bits per heavy atom. The van der Waals surface area contributed by atoms with Crippen LogP contribution in [0.1, 0.15) is 59.8 Å². The maximum atomic E-state index is 12.2. The SMILES string of the molecule is CC.CC(C)C1CC(=O)N(CC2CCC(N=O)CC2)C1=O. The lowest BCUT2D eigenvalue weighted by molar-refractivity contribution is -0.140. The molecule has 0 aromatic rings. The van der Waals surface area contributed by atoms with Crippen molar-refractivity contribution in [2.75, 3.05) is 6.54 Å². The molecule has 0 bridgehead atoms. The predicted octanol–water partition coefficient (Wildman–Crippen LogP) is 3.37. The van der Waals surface area contributed by atoms with Gasteiger partial charge in [0, 0.05) is 18.9 Å². The lowest BCUT2D eigenvalue weighted by Crippen LogP contribution is -2.37. The van der Waals surface area contributed by atoms with Crippen LogP contribution in [0.15, 0.2) is 5.18 Å². The number of hydrogen-bond acceptors (Lipinski definition) is 4. The Hall–Kier alpha value is -1.26. The fourth-order valence-electron chi connectivity index (χ4n) is 3.11. The summed E-state index contributed by atoms with van der Waals surface area (Å²) in [5, 5.41) is 3.08. The van der Waals surface area contributed by atoms with Crippen LogP contribution in [0.4, 0.5) is 0 Å². The summed E-state index contributed by atoms with van der Waals surface area (Å²) in [4.78, 5) is 36.0. The van der Waals surface area contributed by atoms with Gasteiger partial charge >= 0.3 is 0 Å². The summed E-state index contributed by atoms with van der Waals surface area (Å²) in [6.45, 7) is 8.51. The van der Waals surface area contributed by atoms with E-state index < -0.39 is 0 Å². The summed E-state index contributed by atoms with van der Waals surface area (Å²) >= 11 is 0. The van der Waals surface area contributed by atoms with E-state index in [1.165, 1.54) is 4.90 Å². The highest BCUT2D eigenvalue weighted by molar-refractivity contribution is 6.03. The minimum absolute atomic E-state index is 0.00404. The number of carbonyl (C=O) groups excluding carboxylic acids is 2. The Morgan fingerprint density at radius 1 is 1.14 bits per heavy atom. The lowest BCUT2D eigenvalue weighted by atomic mass is 9.86. The summed E-state index contributed by atoms with van der Waals surface area (Å²) in [5.41, 5.74) is 0. The van der Waals surface area contributed by atoms with Crippen LogP contribution < -0.4 is 0 Å². The van der Waals surface area contributed by atoms with Gasteiger partial charge in [-0.25, -0.2) is 0 Å². The van der Waals surface area contributed by atoms with Crippen molar-refractivity contribution in [3.63, 3.8) is 0 Å². The smallest absolute Gasteiger partial charge is 0.233 e. The predicted molar refractivity (Wildman–Crippen MR) is 82.6 cm³/mol. The van der Waals surface area contributed by atoms with Crippen LogP contribution in [0.5, 0.6) is 0 Å². The van der Waals surface area contributed by atoms with Crippen molar-refractivity contribution in [1.82, 2.24) is 4.90 Å². The van der Waals surface area contributed by atoms with Gasteiger partial charge < -0.3 is 0 Å². The summed E-state index contributed by atoms with van der Waals surface area (Å²) in [5.74, 6) is 0.392. The molecule has 120 valence electrons. The first kappa shape index (κ1) is 17.8. The quantitative estimate of drug-likeness (QED) is 0.590. The lowest BCUT2D eigenvalue weighted by Gasteiger charge is -2.28. The molecule has 1 atom stereocenters. The van der Waals surface area contributed by atoms with Crippen molar-refractivity contribution in [2.24, 2.45) is 22.9 Å². The number of amides is 2. The minimum atomic E-state index is -0.138. The second-order valence-corrected chi connectivity index (χ2v) is 6.18. The first-order chi connectivity index (χ1) is 10.0. The van der Waals surface area contributed by atoms with Gasteiger partial charge in [-0.1, -0.05) is 32.9 Å². The molecular formula is C16H28N2O3. The topological polar surface area (TPSA) is 66.8 Å². The molecule has 2 aliphatic rings. The maximum absolute atomic E-state index is 12.2. The molecule has 0 spiro atoms. The molecule has 2 fully saturated rings. The normalized spacial score (nSPS) is 29.4. The third-order valence-corrected chi connectivity index (χ3v) is 4.49. The molecule has 1 saturated carbocycles. The Balaban J connectivity index is 0.00000106. The largest absolute Gasteiger partial charge is 0.282 e. The van der Waals surface area contributed by atoms with Gasteiger partial charge in [0.1, 0.15) is 0 Å². The molecule has 1 aliphatic heterocycles. The van der Waals surface area contributed by atoms with E-state index in [1.807, 2.05) is 27.7 Å². The van der Waals surface area contributed by atoms with Gasteiger partial charge in [-0.2, -0.15) is 4.91 Å². The van der Waals surface area contributed by atoms with E-state index in [2.05, 4.69) is 5.18 Å². The number of carbonyl (C=O) groups is 2. The fraction of sp³-hybridized carbons (Fsp3) is 0.875. The molecule has 1 heterocycles. The van der Waals surface area contributed by atoms with Gasteiger partial charge in [0.15, 0.2) is 0 Å². The van der Waals surface area contributed by atoms with E-state index >= 15 is 0 Å². The molecule has 5 heteroatoms. The van der Waals surface area contributed by atoms with Gasteiger partial charge in [-0.3, -0.25) is 14.5 Å². The second kappa shape index (κ2) is 8.25. The van der Waals surface area contributed by atoms with E-state index in [4.69, 9.17) is 0 Å². The van der Waals surface area contributed by atoms with Crippen LogP contribution in [0.2, 0.25) is 0 Å². The van der Waals surface area contributed by atoms with Crippen LogP contribution >= 0.6 is 0 Å². The van der Waals surface area contributed by atoms with Crippen LogP contribution in [0.3, 0.4) is 0 Å². The van der Waals surface area contributed by atoms with Crippen molar-refractivity contribution < 1.29 is 9.59 Å². The van der Waals surface area contributed by atoms with Gasteiger partial charge in [-0.15, -0.1) is 0 Å². The van der Waals surface area contributed by atoms with E-state index in [-0.39, 0.29) is 29.7 Å². The molecule has 0 aromatic heterocycles. The van der Waals surface area contributed by atoms with Crippen molar-refractivity contribution in [1.29, 1.82) is 0 Å². The van der Waals surface area contributed by atoms with Crippen LogP contribution in [-0.2, 0) is 9.59 Å². The van der Waals surface area contributed by atoms with Crippen LogP contribution in [0.25, 0.3) is 0 Å². The summed E-state index contributed by atoms with van der Waals surface area (Å²) in [6, 6.07) is -0.0651. The summed E-state index contributed by atoms with van der Waals surface area (Å²) < 4.78 is 0.